The molecular formula is C14H18ClNO3. The van der Waals surface area contributed by atoms with Crippen LogP contribution in [0.4, 0.5) is 0 Å². The van der Waals surface area contributed by atoms with Crippen molar-refractivity contribution in [3.05, 3.63) is 28.8 Å². The van der Waals surface area contributed by atoms with Crippen LogP contribution >= 0.6 is 11.6 Å². The molecule has 104 valence electrons. The monoisotopic (exact) mass is 283 g/mol. The molecule has 1 amide bonds. The lowest BCUT2D eigenvalue weighted by Gasteiger charge is -2.16. The number of carbonyl (C=O) groups is 1. The molecule has 0 aliphatic carbocycles. The van der Waals surface area contributed by atoms with E-state index in [1.807, 2.05) is 6.07 Å². The highest BCUT2D eigenvalue weighted by Gasteiger charge is 2.25. The quantitative estimate of drug-likeness (QED) is 0.916. The molecule has 1 saturated heterocycles. The van der Waals surface area contributed by atoms with Crippen molar-refractivity contribution in [2.24, 2.45) is 5.92 Å². The van der Waals surface area contributed by atoms with E-state index < -0.39 is 0 Å². The van der Waals surface area contributed by atoms with Crippen LogP contribution in [0.15, 0.2) is 18.2 Å². The number of likely N-dealkylation sites (tertiary alicyclic amines) is 1. The van der Waals surface area contributed by atoms with Crippen LogP contribution in [-0.2, 0) is 11.2 Å². The third-order valence-corrected chi connectivity index (χ3v) is 3.85. The lowest BCUT2D eigenvalue weighted by Crippen LogP contribution is -2.30. The van der Waals surface area contributed by atoms with Crippen LogP contribution in [0.3, 0.4) is 0 Å². The number of methoxy groups -OCH3 is 1. The summed E-state index contributed by atoms with van der Waals surface area (Å²) in [5, 5.41) is 9.63. The van der Waals surface area contributed by atoms with Gasteiger partial charge in [-0.2, -0.15) is 0 Å². The standard InChI is InChI=1S/C14H18ClNO3/c1-19-12-3-2-11(13(15)7-12)6-14(18)16-5-4-10(8-16)9-17/h2-3,7,10,17H,4-6,8-9H2,1H3. The molecule has 1 aromatic carbocycles. The average Bonchev–Trinajstić information content (AvgIpc) is 2.90. The molecule has 0 bridgehead atoms. The molecule has 1 aliphatic rings. The van der Waals surface area contributed by atoms with Gasteiger partial charge >= 0.3 is 0 Å². The Hall–Kier alpha value is -1.26. The highest BCUT2D eigenvalue weighted by Crippen LogP contribution is 2.24. The van der Waals surface area contributed by atoms with Gasteiger partial charge in [0.25, 0.3) is 0 Å². The lowest BCUT2D eigenvalue weighted by atomic mass is 10.1. The average molecular weight is 284 g/mol. The van der Waals surface area contributed by atoms with Crippen molar-refractivity contribution in [2.75, 3.05) is 26.8 Å². The highest BCUT2D eigenvalue weighted by atomic mass is 35.5. The normalized spacial score (nSPS) is 18.7. The van der Waals surface area contributed by atoms with E-state index in [2.05, 4.69) is 0 Å². The minimum Gasteiger partial charge on any atom is -0.497 e. The van der Waals surface area contributed by atoms with E-state index in [0.29, 0.717) is 23.7 Å². The molecule has 1 N–H and O–H groups in total. The van der Waals surface area contributed by atoms with Gasteiger partial charge in [0.05, 0.1) is 13.5 Å². The molecule has 1 fully saturated rings. The second kappa shape index (κ2) is 6.26. The van der Waals surface area contributed by atoms with Crippen LogP contribution in [0, 0.1) is 5.92 Å². The lowest BCUT2D eigenvalue weighted by molar-refractivity contribution is -0.129. The highest BCUT2D eigenvalue weighted by molar-refractivity contribution is 6.31. The molecule has 0 spiro atoms. The fraction of sp³-hybridized carbons (Fsp3) is 0.500. The van der Waals surface area contributed by atoms with Gasteiger partial charge in [-0.25, -0.2) is 0 Å². The number of nitrogens with zero attached hydrogens (tertiary/aromatic N) is 1. The Labute approximate surface area is 117 Å². The Morgan fingerprint density at radius 2 is 2.37 bits per heavy atom. The molecule has 1 aliphatic heterocycles. The van der Waals surface area contributed by atoms with Crippen LogP contribution in [0.25, 0.3) is 0 Å². The van der Waals surface area contributed by atoms with Crippen molar-refractivity contribution in [1.29, 1.82) is 0 Å². The number of aliphatic hydroxyl groups excluding tert-OH is 1. The smallest absolute Gasteiger partial charge is 0.227 e. The maximum Gasteiger partial charge on any atom is 0.227 e. The van der Waals surface area contributed by atoms with E-state index >= 15 is 0 Å². The largest absolute Gasteiger partial charge is 0.497 e. The summed E-state index contributed by atoms with van der Waals surface area (Å²) in [5.74, 6) is 0.959. The second-order valence-corrected chi connectivity index (χ2v) is 5.22. The van der Waals surface area contributed by atoms with Crippen LogP contribution < -0.4 is 4.74 Å². The molecule has 0 radical (unpaired) electrons. The summed E-state index contributed by atoms with van der Waals surface area (Å²) in [7, 11) is 1.58. The van der Waals surface area contributed by atoms with E-state index in [1.54, 1.807) is 24.1 Å². The van der Waals surface area contributed by atoms with Crippen LogP contribution in [0.2, 0.25) is 5.02 Å². The van der Waals surface area contributed by atoms with Crippen molar-refractivity contribution in [2.45, 2.75) is 12.8 Å². The van der Waals surface area contributed by atoms with Gasteiger partial charge in [0, 0.05) is 30.6 Å². The van der Waals surface area contributed by atoms with Gasteiger partial charge in [0.15, 0.2) is 0 Å². The SMILES string of the molecule is COc1ccc(CC(=O)N2CCC(CO)C2)c(Cl)c1. The Kier molecular flexibility index (Phi) is 4.66. The molecule has 1 unspecified atom stereocenters. The minimum atomic E-state index is 0.0583. The fourth-order valence-corrected chi connectivity index (χ4v) is 2.52. The van der Waals surface area contributed by atoms with E-state index in [1.165, 1.54) is 0 Å². The first-order valence-corrected chi connectivity index (χ1v) is 6.73. The molecule has 2 rings (SSSR count). The van der Waals surface area contributed by atoms with Crippen LogP contribution in [-0.4, -0.2) is 42.7 Å². The molecule has 19 heavy (non-hydrogen) atoms. The Morgan fingerprint density at radius 1 is 1.58 bits per heavy atom. The Balaban J connectivity index is 1.99. The molecule has 4 nitrogen and oxygen atoms in total. The topological polar surface area (TPSA) is 49.8 Å². The summed E-state index contributed by atoms with van der Waals surface area (Å²) in [6.07, 6.45) is 1.17. The molecule has 0 aromatic heterocycles. The number of hydrogen-bond acceptors (Lipinski definition) is 3. The van der Waals surface area contributed by atoms with Crippen LogP contribution in [0.5, 0.6) is 5.75 Å². The first-order chi connectivity index (χ1) is 9.13. The van der Waals surface area contributed by atoms with Crippen molar-refractivity contribution in [1.82, 2.24) is 4.90 Å². The van der Waals surface area contributed by atoms with E-state index in [-0.39, 0.29) is 18.4 Å². The predicted octanol–water partition coefficient (Wildman–Crippen LogP) is 1.73. The number of ether oxygens (including phenoxy) is 1. The van der Waals surface area contributed by atoms with Crippen molar-refractivity contribution in [3.8, 4) is 5.75 Å². The summed E-state index contributed by atoms with van der Waals surface area (Å²) >= 11 is 6.12. The third-order valence-electron chi connectivity index (χ3n) is 3.50. The van der Waals surface area contributed by atoms with E-state index in [9.17, 15) is 4.79 Å². The van der Waals surface area contributed by atoms with Gasteiger partial charge in [0.1, 0.15) is 5.75 Å². The number of aliphatic hydroxyl groups is 1. The van der Waals surface area contributed by atoms with Crippen molar-refractivity contribution >= 4 is 17.5 Å². The van der Waals surface area contributed by atoms with Gasteiger partial charge in [-0.05, 0) is 24.1 Å². The van der Waals surface area contributed by atoms with Crippen LogP contribution in [0.1, 0.15) is 12.0 Å². The zero-order valence-electron chi connectivity index (χ0n) is 10.9. The number of benzene rings is 1. The van der Waals surface area contributed by atoms with E-state index in [4.69, 9.17) is 21.4 Å². The molecule has 1 heterocycles. The van der Waals surface area contributed by atoms with Gasteiger partial charge in [-0.1, -0.05) is 17.7 Å². The first-order valence-electron chi connectivity index (χ1n) is 6.35. The maximum absolute atomic E-state index is 12.1. The zero-order chi connectivity index (χ0) is 13.8. The summed E-state index contributed by atoms with van der Waals surface area (Å²) in [6.45, 7) is 1.51. The predicted molar refractivity (Wildman–Crippen MR) is 73.5 cm³/mol. The summed E-state index contributed by atoms with van der Waals surface area (Å²) in [6, 6.07) is 5.33. The Morgan fingerprint density at radius 3 is 2.95 bits per heavy atom. The van der Waals surface area contributed by atoms with Gasteiger partial charge in [-0.15, -0.1) is 0 Å². The molecule has 5 heteroatoms. The molecule has 1 aromatic rings. The number of hydrogen-bond donors (Lipinski definition) is 1. The van der Waals surface area contributed by atoms with Crippen molar-refractivity contribution < 1.29 is 14.6 Å². The van der Waals surface area contributed by atoms with E-state index in [0.717, 1.165) is 18.5 Å². The summed E-state index contributed by atoms with van der Waals surface area (Å²) in [4.78, 5) is 13.9. The zero-order valence-corrected chi connectivity index (χ0v) is 11.7. The number of amides is 1. The van der Waals surface area contributed by atoms with Gasteiger partial charge < -0.3 is 14.7 Å². The summed E-state index contributed by atoms with van der Waals surface area (Å²) in [5.41, 5.74) is 0.805. The molecular weight excluding hydrogens is 266 g/mol. The maximum atomic E-state index is 12.1. The first kappa shape index (κ1) is 14.2. The van der Waals surface area contributed by atoms with Gasteiger partial charge in [0.2, 0.25) is 5.91 Å². The number of halogens is 1. The summed E-state index contributed by atoms with van der Waals surface area (Å²) < 4.78 is 5.08. The second-order valence-electron chi connectivity index (χ2n) is 4.81. The third kappa shape index (κ3) is 3.39. The number of carbonyl (C=O) groups excluding carboxylic acids is 1. The van der Waals surface area contributed by atoms with Crippen molar-refractivity contribution in [3.63, 3.8) is 0 Å². The Bertz CT molecular complexity index is 464. The van der Waals surface area contributed by atoms with Gasteiger partial charge in [-0.3, -0.25) is 4.79 Å². The fourth-order valence-electron chi connectivity index (χ4n) is 2.28. The minimum absolute atomic E-state index is 0.0583. The number of rotatable bonds is 4. The molecule has 1 atom stereocenters. The molecule has 0 saturated carbocycles.